The number of hydrogen-bond donors (Lipinski definition) is 1. The minimum atomic E-state index is -0.0678. The van der Waals surface area contributed by atoms with Gasteiger partial charge in [0.25, 0.3) is 0 Å². The van der Waals surface area contributed by atoms with Crippen LogP contribution >= 0.6 is 23.2 Å². The molecule has 0 saturated heterocycles. The fraction of sp³-hybridized carbons (Fsp3) is 0.0833. The molecular formula is C12H9Cl2NO. The van der Waals surface area contributed by atoms with Crippen LogP contribution in [0.1, 0.15) is 5.56 Å². The highest BCUT2D eigenvalue weighted by Crippen LogP contribution is 2.32. The van der Waals surface area contributed by atoms with Gasteiger partial charge in [-0.15, -0.1) is 0 Å². The van der Waals surface area contributed by atoms with Crippen molar-refractivity contribution in [2.24, 2.45) is 0 Å². The quantitative estimate of drug-likeness (QED) is 0.831. The summed E-state index contributed by atoms with van der Waals surface area (Å²) in [4.78, 5) is 4.01. The lowest BCUT2D eigenvalue weighted by Crippen LogP contribution is -1.90. The van der Waals surface area contributed by atoms with Crippen molar-refractivity contribution in [3.63, 3.8) is 0 Å². The van der Waals surface area contributed by atoms with Gasteiger partial charge in [0.05, 0.1) is 6.61 Å². The number of benzene rings is 1. The number of aromatic nitrogens is 1. The van der Waals surface area contributed by atoms with Gasteiger partial charge in [-0.1, -0.05) is 41.4 Å². The summed E-state index contributed by atoms with van der Waals surface area (Å²) in [5.74, 6) is 0. The highest BCUT2D eigenvalue weighted by Gasteiger charge is 2.08. The molecule has 0 atom stereocenters. The second kappa shape index (κ2) is 4.83. The van der Waals surface area contributed by atoms with Crippen molar-refractivity contribution in [1.82, 2.24) is 4.98 Å². The van der Waals surface area contributed by atoms with E-state index >= 15 is 0 Å². The van der Waals surface area contributed by atoms with Crippen LogP contribution in [-0.2, 0) is 6.61 Å². The highest BCUT2D eigenvalue weighted by molar-refractivity contribution is 6.35. The second-order valence-electron chi connectivity index (χ2n) is 3.32. The normalized spacial score (nSPS) is 10.4. The summed E-state index contributed by atoms with van der Waals surface area (Å²) in [5.41, 5.74) is 2.26. The summed E-state index contributed by atoms with van der Waals surface area (Å²) in [6.07, 6.45) is 1.54. The van der Waals surface area contributed by atoms with Gasteiger partial charge < -0.3 is 5.11 Å². The van der Waals surface area contributed by atoms with Crippen LogP contribution in [0.15, 0.2) is 36.5 Å². The SMILES string of the molecule is OCc1cnc(Cl)c(-c2ccccc2Cl)c1. The molecule has 0 fully saturated rings. The minimum absolute atomic E-state index is 0.0678. The maximum atomic E-state index is 9.05. The maximum Gasteiger partial charge on any atom is 0.136 e. The molecule has 0 aliphatic carbocycles. The zero-order valence-corrected chi connectivity index (χ0v) is 9.83. The molecule has 1 aromatic heterocycles. The Morgan fingerprint density at radius 1 is 1.12 bits per heavy atom. The largest absolute Gasteiger partial charge is 0.392 e. The van der Waals surface area contributed by atoms with Crippen LogP contribution in [0.5, 0.6) is 0 Å². The summed E-state index contributed by atoms with van der Waals surface area (Å²) < 4.78 is 0. The lowest BCUT2D eigenvalue weighted by Gasteiger charge is -2.07. The number of aliphatic hydroxyl groups is 1. The Hall–Kier alpha value is -1.09. The van der Waals surface area contributed by atoms with Gasteiger partial charge in [0.15, 0.2) is 0 Å². The first-order chi connectivity index (χ1) is 7.72. The van der Waals surface area contributed by atoms with Gasteiger partial charge in [0.1, 0.15) is 5.15 Å². The Bertz CT molecular complexity index is 514. The molecule has 2 nitrogen and oxygen atoms in total. The van der Waals surface area contributed by atoms with E-state index in [0.717, 1.165) is 11.1 Å². The molecule has 82 valence electrons. The average molecular weight is 254 g/mol. The Morgan fingerprint density at radius 3 is 2.56 bits per heavy atom. The van der Waals surface area contributed by atoms with E-state index in [9.17, 15) is 0 Å². The fourth-order valence-electron chi connectivity index (χ4n) is 1.45. The van der Waals surface area contributed by atoms with Crippen molar-refractivity contribution in [3.8, 4) is 11.1 Å². The van der Waals surface area contributed by atoms with Gasteiger partial charge in [-0.25, -0.2) is 4.98 Å². The van der Waals surface area contributed by atoms with Crippen LogP contribution in [0.25, 0.3) is 11.1 Å². The first kappa shape index (κ1) is 11.4. The third-order valence-electron chi connectivity index (χ3n) is 2.24. The molecule has 0 saturated carbocycles. The van der Waals surface area contributed by atoms with Gasteiger partial charge in [0.2, 0.25) is 0 Å². The van der Waals surface area contributed by atoms with Crippen LogP contribution in [0.2, 0.25) is 10.2 Å². The van der Waals surface area contributed by atoms with Crippen LogP contribution < -0.4 is 0 Å². The Kier molecular flexibility index (Phi) is 3.44. The van der Waals surface area contributed by atoms with Crippen molar-refractivity contribution in [2.75, 3.05) is 0 Å². The van der Waals surface area contributed by atoms with E-state index in [2.05, 4.69) is 4.98 Å². The van der Waals surface area contributed by atoms with Gasteiger partial charge in [0, 0.05) is 22.3 Å². The summed E-state index contributed by atoms with van der Waals surface area (Å²) in [7, 11) is 0. The third kappa shape index (κ3) is 2.19. The molecule has 16 heavy (non-hydrogen) atoms. The monoisotopic (exact) mass is 253 g/mol. The van der Waals surface area contributed by atoms with Gasteiger partial charge in [-0.3, -0.25) is 0 Å². The average Bonchev–Trinajstić information content (AvgIpc) is 2.31. The molecule has 1 aromatic carbocycles. The van der Waals surface area contributed by atoms with E-state index in [-0.39, 0.29) is 6.61 Å². The van der Waals surface area contributed by atoms with Crippen LogP contribution in [0, 0.1) is 0 Å². The van der Waals surface area contributed by atoms with E-state index in [1.165, 1.54) is 0 Å². The second-order valence-corrected chi connectivity index (χ2v) is 4.09. The van der Waals surface area contributed by atoms with Crippen molar-refractivity contribution in [3.05, 3.63) is 52.3 Å². The smallest absolute Gasteiger partial charge is 0.136 e. The van der Waals surface area contributed by atoms with Crippen molar-refractivity contribution < 1.29 is 5.11 Å². The Balaban J connectivity index is 2.59. The van der Waals surface area contributed by atoms with E-state index in [4.69, 9.17) is 28.3 Å². The number of rotatable bonds is 2. The Morgan fingerprint density at radius 2 is 1.88 bits per heavy atom. The molecular weight excluding hydrogens is 245 g/mol. The molecule has 0 spiro atoms. The minimum Gasteiger partial charge on any atom is -0.392 e. The summed E-state index contributed by atoms with van der Waals surface area (Å²) in [6, 6.07) is 9.17. The van der Waals surface area contributed by atoms with E-state index < -0.39 is 0 Å². The molecule has 0 bridgehead atoms. The van der Waals surface area contributed by atoms with Crippen LogP contribution in [0.3, 0.4) is 0 Å². The maximum absolute atomic E-state index is 9.05. The number of halogens is 2. The highest BCUT2D eigenvalue weighted by atomic mass is 35.5. The summed E-state index contributed by atoms with van der Waals surface area (Å²) >= 11 is 12.1. The number of pyridine rings is 1. The number of nitrogens with zero attached hydrogens (tertiary/aromatic N) is 1. The van der Waals surface area contributed by atoms with Crippen molar-refractivity contribution >= 4 is 23.2 Å². The van der Waals surface area contributed by atoms with Crippen molar-refractivity contribution in [1.29, 1.82) is 0 Å². The van der Waals surface area contributed by atoms with Crippen LogP contribution in [-0.4, -0.2) is 10.1 Å². The summed E-state index contributed by atoms with van der Waals surface area (Å²) in [6.45, 7) is -0.0678. The van der Waals surface area contributed by atoms with E-state index in [1.807, 2.05) is 18.2 Å². The van der Waals surface area contributed by atoms with Crippen LogP contribution in [0.4, 0.5) is 0 Å². The zero-order valence-electron chi connectivity index (χ0n) is 8.32. The molecule has 0 unspecified atom stereocenters. The molecule has 0 aliphatic heterocycles. The fourth-order valence-corrected chi connectivity index (χ4v) is 1.89. The molecule has 1 N–H and O–H groups in total. The van der Waals surface area contributed by atoms with Gasteiger partial charge >= 0.3 is 0 Å². The molecule has 0 radical (unpaired) electrons. The molecule has 4 heteroatoms. The molecule has 1 heterocycles. The zero-order chi connectivity index (χ0) is 11.5. The number of hydrogen-bond acceptors (Lipinski definition) is 2. The predicted octanol–water partition coefficient (Wildman–Crippen LogP) is 3.55. The van der Waals surface area contributed by atoms with Crippen molar-refractivity contribution in [2.45, 2.75) is 6.61 Å². The standard InChI is InChI=1S/C12H9Cl2NO/c13-11-4-2-1-3-9(11)10-5-8(7-16)6-15-12(10)14/h1-6,16H,7H2. The number of aliphatic hydroxyl groups excluding tert-OH is 1. The predicted molar refractivity (Wildman–Crippen MR) is 65.6 cm³/mol. The lowest BCUT2D eigenvalue weighted by atomic mass is 10.1. The molecule has 0 aliphatic rings. The van der Waals surface area contributed by atoms with E-state index in [1.54, 1.807) is 18.3 Å². The summed E-state index contributed by atoms with van der Waals surface area (Å²) in [5, 5.41) is 10.0. The Labute approximate surface area is 103 Å². The van der Waals surface area contributed by atoms with Gasteiger partial charge in [-0.2, -0.15) is 0 Å². The third-order valence-corrected chi connectivity index (χ3v) is 2.87. The first-order valence-corrected chi connectivity index (χ1v) is 5.48. The van der Waals surface area contributed by atoms with E-state index in [0.29, 0.717) is 15.7 Å². The van der Waals surface area contributed by atoms with Gasteiger partial charge in [-0.05, 0) is 17.7 Å². The first-order valence-electron chi connectivity index (χ1n) is 4.72. The molecule has 2 rings (SSSR count). The molecule has 2 aromatic rings. The lowest BCUT2D eigenvalue weighted by molar-refractivity contribution is 0.281. The topological polar surface area (TPSA) is 33.1 Å². The molecule has 0 amide bonds.